The molecule has 0 saturated heterocycles. The van der Waals surface area contributed by atoms with Crippen molar-refractivity contribution in [2.75, 3.05) is 17.6 Å². The van der Waals surface area contributed by atoms with Crippen LogP contribution in [0.5, 0.6) is 0 Å². The Morgan fingerprint density at radius 2 is 2.31 bits per heavy atom. The van der Waals surface area contributed by atoms with E-state index in [-0.39, 0.29) is 5.91 Å². The van der Waals surface area contributed by atoms with Gasteiger partial charge in [-0.15, -0.1) is 0 Å². The summed E-state index contributed by atoms with van der Waals surface area (Å²) in [6.45, 7) is 0.578. The first-order valence-electron chi connectivity index (χ1n) is 5.50. The van der Waals surface area contributed by atoms with E-state index >= 15 is 0 Å². The first-order valence-corrected chi connectivity index (χ1v) is 5.50. The number of nitrogens with one attached hydrogen (secondary N) is 2. The molecule has 0 radical (unpaired) electrons. The minimum atomic E-state index is 0.0962. The van der Waals surface area contributed by atoms with E-state index in [0.717, 1.165) is 12.8 Å². The molecule has 1 fully saturated rings. The third-order valence-electron chi connectivity index (χ3n) is 2.37. The van der Waals surface area contributed by atoms with Gasteiger partial charge in [0, 0.05) is 19.0 Å². The fourth-order valence-electron chi connectivity index (χ4n) is 1.38. The number of rotatable bonds is 5. The molecule has 1 amide bonds. The van der Waals surface area contributed by atoms with Gasteiger partial charge in [0.05, 0.1) is 0 Å². The van der Waals surface area contributed by atoms with Crippen LogP contribution in [0.15, 0.2) is 18.2 Å². The summed E-state index contributed by atoms with van der Waals surface area (Å²) in [6.07, 6.45) is 2.71. The fraction of sp³-hybridized carbons (Fsp3) is 0.455. The molecule has 1 heterocycles. The second kappa shape index (κ2) is 4.83. The number of nitrogen functional groups attached to an aromatic ring is 1. The highest BCUT2D eigenvalue weighted by molar-refractivity contribution is 5.77. The van der Waals surface area contributed by atoms with E-state index in [0.29, 0.717) is 30.6 Å². The predicted octanol–water partition coefficient (Wildman–Crippen LogP) is 0.744. The predicted molar refractivity (Wildman–Crippen MR) is 62.9 cm³/mol. The lowest BCUT2D eigenvalue weighted by Crippen LogP contribution is -2.27. The van der Waals surface area contributed by atoms with Crippen LogP contribution >= 0.6 is 0 Å². The van der Waals surface area contributed by atoms with Crippen molar-refractivity contribution in [3.63, 3.8) is 0 Å². The van der Waals surface area contributed by atoms with Gasteiger partial charge in [0.2, 0.25) is 5.91 Å². The molecule has 1 aliphatic carbocycles. The molecule has 1 aromatic rings. The molecule has 0 unspecified atom stereocenters. The van der Waals surface area contributed by atoms with Crippen molar-refractivity contribution in [2.45, 2.75) is 25.3 Å². The summed E-state index contributed by atoms with van der Waals surface area (Å²) in [5.74, 6) is 1.28. The van der Waals surface area contributed by atoms with E-state index in [1.54, 1.807) is 6.07 Å². The quantitative estimate of drug-likeness (QED) is 0.684. The molecule has 1 aromatic heterocycles. The Balaban J connectivity index is 1.68. The zero-order valence-corrected chi connectivity index (χ0v) is 9.07. The van der Waals surface area contributed by atoms with Gasteiger partial charge in [0.15, 0.2) is 0 Å². The third-order valence-corrected chi connectivity index (χ3v) is 2.37. The van der Waals surface area contributed by atoms with Crippen molar-refractivity contribution in [3.05, 3.63) is 18.2 Å². The summed E-state index contributed by atoms with van der Waals surface area (Å²) in [6, 6.07) is 5.81. The SMILES string of the molecule is Nc1cccc(NCCC(=O)NC2CC2)n1. The van der Waals surface area contributed by atoms with Gasteiger partial charge in [-0.3, -0.25) is 4.79 Å². The van der Waals surface area contributed by atoms with Crippen LogP contribution in [0.25, 0.3) is 0 Å². The third kappa shape index (κ3) is 3.42. The highest BCUT2D eigenvalue weighted by atomic mass is 16.1. The van der Waals surface area contributed by atoms with Gasteiger partial charge in [-0.1, -0.05) is 6.07 Å². The van der Waals surface area contributed by atoms with E-state index in [1.165, 1.54) is 0 Å². The average Bonchev–Trinajstić information content (AvgIpc) is 3.02. The van der Waals surface area contributed by atoms with Crippen molar-refractivity contribution in [3.8, 4) is 0 Å². The molecule has 0 spiro atoms. The van der Waals surface area contributed by atoms with Crippen LogP contribution < -0.4 is 16.4 Å². The number of pyridine rings is 1. The van der Waals surface area contributed by atoms with Gasteiger partial charge in [-0.05, 0) is 25.0 Å². The Kier molecular flexibility index (Phi) is 3.24. The lowest BCUT2D eigenvalue weighted by molar-refractivity contribution is -0.120. The molecule has 0 aromatic carbocycles. The normalized spacial score (nSPS) is 14.5. The summed E-state index contributed by atoms with van der Waals surface area (Å²) in [5, 5.41) is 5.99. The molecule has 1 aliphatic rings. The Labute approximate surface area is 94.4 Å². The van der Waals surface area contributed by atoms with Crippen molar-refractivity contribution < 1.29 is 4.79 Å². The van der Waals surface area contributed by atoms with Crippen LogP contribution in [-0.2, 0) is 4.79 Å². The zero-order chi connectivity index (χ0) is 11.4. The van der Waals surface area contributed by atoms with Gasteiger partial charge >= 0.3 is 0 Å². The summed E-state index contributed by atoms with van der Waals surface area (Å²) >= 11 is 0. The second-order valence-electron chi connectivity index (χ2n) is 3.97. The zero-order valence-electron chi connectivity index (χ0n) is 9.07. The maximum atomic E-state index is 11.4. The van der Waals surface area contributed by atoms with Gasteiger partial charge in [-0.25, -0.2) is 4.98 Å². The molecule has 16 heavy (non-hydrogen) atoms. The summed E-state index contributed by atoms with van der Waals surface area (Å²) in [5.41, 5.74) is 5.53. The Hall–Kier alpha value is -1.78. The smallest absolute Gasteiger partial charge is 0.221 e. The first-order chi connectivity index (χ1) is 7.74. The van der Waals surface area contributed by atoms with E-state index in [4.69, 9.17) is 5.73 Å². The average molecular weight is 220 g/mol. The van der Waals surface area contributed by atoms with E-state index < -0.39 is 0 Å². The first kappa shape index (κ1) is 10.7. The molecule has 4 N–H and O–H groups in total. The van der Waals surface area contributed by atoms with Crippen molar-refractivity contribution in [1.29, 1.82) is 0 Å². The Morgan fingerprint density at radius 3 is 3.00 bits per heavy atom. The van der Waals surface area contributed by atoms with Gasteiger partial charge in [-0.2, -0.15) is 0 Å². The molecule has 0 aliphatic heterocycles. The van der Waals surface area contributed by atoms with Crippen LogP contribution in [0, 0.1) is 0 Å². The monoisotopic (exact) mass is 220 g/mol. The number of hydrogen-bond acceptors (Lipinski definition) is 4. The van der Waals surface area contributed by atoms with Gasteiger partial charge in [0.25, 0.3) is 0 Å². The molecular weight excluding hydrogens is 204 g/mol. The van der Waals surface area contributed by atoms with Crippen LogP contribution in [0.4, 0.5) is 11.6 Å². The lowest BCUT2D eigenvalue weighted by atomic mass is 10.3. The van der Waals surface area contributed by atoms with Crippen molar-refractivity contribution in [2.24, 2.45) is 0 Å². The number of carbonyl (C=O) groups excluding carboxylic acids is 1. The standard InChI is InChI=1S/C11H16N4O/c12-9-2-1-3-10(15-9)13-7-6-11(16)14-8-4-5-8/h1-3,8H,4-7H2,(H,14,16)(H3,12,13,15). The molecule has 0 atom stereocenters. The van der Waals surface area contributed by atoms with Crippen LogP contribution in [0.3, 0.4) is 0 Å². The maximum Gasteiger partial charge on any atom is 0.221 e. The lowest BCUT2D eigenvalue weighted by Gasteiger charge is -2.06. The largest absolute Gasteiger partial charge is 0.384 e. The van der Waals surface area contributed by atoms with E-state index in [2.05, 4.69) is 15.6 Å². The minimum absolute atomic E-state index is 0.0962. The van der Waals surface area contributed by atoms with Gasteiger partial charge in [0.1, 0.15) is 11.6 Å². The van der Waals surface area contributed by atoms with E-state index in [1.807, 2.05) is 12.1 Å². The molecule has 86 valence electrons. The number of hydrogen-bond donors (Lipinski definition) is 3. The highest BCUT2D eigenvalue weighted by Crippen LogP contribution is 2.18. The maximum absolute atomic E-state index is 11.4. The molecule has 5 nitrogen and oxygen atoms in total. The molecule has 0 bridgehead atoms. The number of nitrogens with zero attached hydrogens (tertiary/aromatic N) is 1. The van der Waals surface area contributed by atoms with Gasteiger partial charge < -0.3 is 16.4 Å². The Morgan fingerprint density at radius 1 is 1.50 bits per heavy atom. The molecule has 2 rings (SSSR count). The molecular formula is C11H16N4O. The van der Waals surface area contributed by atoms with Crippen molar-refractivity contribution >= 4 is 17.5 Å². The number of anilines is 2. The van der Waals surface area contributed by atoms with Crippen LogP contribution in [0.1, 0.15) is 19.3 Å². The fourth-order valence-corrected chi connectivity index (χ4v) is 1.38. The Bertz CT molecular complexity index is 376. The second-order valence-corrected chi connectivity index (χ2v) is 3.97. The summed E-state index contributed by atoms with van der Waals surface area (Å²) in [7, 11) is 0. The number of amides is 1. The highest BCUT2D eigenvalue weighted by Gasteiger charge is 2.22. The van der Waals surface area contributed by atoms with Crippen molar-refractivity contribution in [1.82, 2.24) is 10.3 Å². The topological polar surface area (TPSA) is 80.0 Å². The molecule has 5 heteroatoms. The minimum Gasteiger partial charge on any atom is -0.384 e. The van der Waals surface area contributed by atoms with E-state index in [9.17, 15) is 4.79 Å². The molecule has 1 saturated carbocycles. The van der Waals surface area contributed by atoms with Crippen LogP contribution in [-0.4, -0.2) is 23.5 Å². The number of carbonyl (C=O) groups is 1. The number of nitrogens with two attached hydrogens (primary N) is 1. The summed E-state index contributed by atoms with van der Waals surface area (Å²) in [4.78, 5) is 15.4. The number of aromatic nitrogens is 1. The van der Waals surface area contributed by atoms with Crippen LogP contribution in [0.2, 0.25) is 0 Å². The summed E-state index contributed by atoms with van der Waals surface area (Å²) < 4.78 is 0.